The van der Waals surface area contributed by atoms with Gasteiger partial charge in [0, 0.05) is 7.05 Å². The Bertz CT molecular complexity index is 1140. The van der Waals surface area contributed by atoms with Gasteiger partial charge in [-0.15, -0.1) is 0 Å². The third kappa shape index (κ3) is 3.75. The first-order chi connectivity index (χ1) is 14.0. The quantitative estimate of drug-likeness (QED) is 0.717. The lowest BCUT2D eigenvalue weighted by Crippen LogP contribution is -2.50. The van der Waals surface area contributed by atoms with Crippen LogP contribution in [0.5, 0.6) is 5.88 Å². The van der Waals surface area contributed by atoms with E-state index in [9.17, 15) is 17.6 Å². The van der Waals surface area contributed by atoms with E-state index >= 15 is 4.39 Å². The molecule has 0 radical (unpaired) electrons. The zero-order chi connectivity index (χ0) is 22.3. The van der Waals surface area contributed by atoms with Gasteiger partial charge in [-0.25, -0.2) is 36.5 Å². The molecule has 3 N–H and O–H groups in total. The Morgan fingerprint density at radius 2 is 2.00 bits per heavy atom. The monoisotopic (exact) mass is 440 g/mol. The van der Waals surface area contributed by atoms with Crippen molar-refractivity contribution in [3.63, 3.8) is 0 Å². The maximum absolute atomic E-state index is 15.2. The van der Waals surface area contributed by atoms with Crippen LogP contribution < -0.4 is 15.8 Å². The summed E-state index contributed by atoms with van der Waals surface area (Å²) in [6.07, 6.45) is 2.32. The largest absolute Gasteiger partial charge is 0.480 e. The van der Waals surface area contributed by atoms with Crippen molar-refractivity contribution in [2.45, 2.75) is 12.5 Å². The lowest BCUT2D eigenvalue weighted by atomic mass is 9.92. The number of aliphatic imine (C=N–C) groups is 1. The Labute approximate surface area is 170 Å². The van der Waals surface area contributed by atoms with E-state index in [1.165, 1.54) is 27.3 Å². The lowest BCUT2D eigenvalue weighted by molar-refractivity contribution is 0.102. The number of sulfonamides is 1. The molecule has 30 heavy (non-hydrogen) atoms. The molecule has 1 aromatic heterocycles. The van der Waals surface area contributed by atoms with Crippen LogP contribution in [-0.2, 0) is 15.6 Å². The van der Waals surface area contributed by atoms with Crippen LogP contribution in [0.3, 0.4) is 0 Å². The number of halogens is 2. The van der Waals surface area contributed by atoms with Gasteiger partial charge >= 0.3 is 0 Å². The average molecular weight is 440 g/mol. The van der Waals surface area contributed by atoms with Crippen LogP contribution in [0.15, 0.2) is 29.5 Å². The second kappa shape index (κ2) is 7.48. The number of nitrogens with zero attached hydrogens (tertiary/aromatic N) is 4. The summed E-state index contributed by atoms with van der Waals surface area (Å²) in [4.78, 5) is 24.0. The molecule has 0 fully saturated rings. The normalized spacial score (nSPS) is 20.4. The average Bonchev–Trinajstić information content (AvgIpc) is 2.68. The number of ether oxygens (including phenoxy) is 1. The van der Waals surface area contributed by atoms with Gasteiger partial charge in [0.05, 0.1) is 36.5 Å². The fraction of sp³-hybridized carbons (Fsp3) is 0.294. The Hall–Kier alpha value is -3.35. The Morgan fingerprint density at radius 1 is 1.30 bits per heavy atom. The highest BCUT2D eigenvalue weighted by atomic mass is 32.2. The van der Waals surface area contributed by atoms with Gasteiger partial charge < -0.3 is 15.8 Å². The van der Waals surface area contributed by atoms with E-state index in [-0.39, 0.29) is 17.3 Å². The van der Waals surface area contributed by atoms with Crippen molar-refractivity contribution < 1.29 is 26.7 Å². The number of anilines is 1. The molecule has 0 unspecified atom stereocenters. The minimum absolute atomic E-state index is 0.142. The number of rotatable bonds is 4. The topological polar surface area (TPSA) is 140 Å². The molecule has 3 rings (SSSR count). The molecule has 1 aliphatic rings. The SMILES string of the molecule is COc1cnc(C(=O)Nc2ccc(F)c([C@]3(C)CS(=O)(=O)N(C)C(N)=N3)c2F)cn1. The molecule has 1 aliphatic heterocycles. The number of nitrogens with two attached hydrogens (primary N) is 1. The molecule has 0 saturated carbocycles. The second-order valence-electron chi connectivity index (χ2n) is 6.65. The standard InChI is InChI=1S/C17H18F2N6O4S/c1-17(8-30(27,28)25(2)16(20)24-17)13-9(18)4-5-10(14(13)19)23-15(26)11-6-22-12(29-3)7-21-11/h4-7H,8H2,1-3H3,(H2,20,24)(H,23,26)/t17-/m0/s1. The Balaban J connectivity index is 2.01. The number of hydrogen-bond acceptors (Lipinski definition) is 8. The highest BCUT2D eigenvalue weighted by Crippen LogP contribution is 2.37. The second-order valence-corrected chi connectivity index (χ2v) is 8.65. The molecule has 10 nitrogen and oxygen atoms in total. The Kier molecular flexibility index (Phi) is 5.33. The van der Waals surface area contributed by atoms with Crippen LogP contribution >= 0.6 is 0 Å². The molecule has 1 atom stereocenters. The molecule has 0 saturated heterocycles. The van der Waals surface area contributed by atoms with Gasteiger partial charge in [0.2, 0.25) is 21.9 Å². The number of guanidine groups is 1. The molecule has 2 heterocycles. The van der Waals surface area contributed by atoms with Crippen molar-refractivity contribution >= 4 is 27.6 Å². The van der Waals surface area contributed by atoms with Gasteiger partial charge in [0.25, 0.3) is 5.91 Å². The number of aromatic nitrogens is 2. The number of benzene rings is 1. The molecule has 2 aromatic rings. The molecule has 13 heteroatoms. The van der Waals surface area contributed by atoms with Crippen molar-refractivity contribution in [2.75, 3.05) is 25.2 Å². The molecule has 1 aromatic carbocycles. The van der Waals surface area contributed by atoms with Gasteiger partial charge in [0.15, 0.2) is 5.82 Å². The molecule has 0 spiro atoms. The van der Waals surface area contributed by atoms with Crippen LogP contribution in [0.2, 0.25) is 0 Å². The third-order valence-electron chi connectivity index (χ3n) is 4.51. The van der Waals surface area contributed by atoms with E-state index in [0.29, 0.717) is 0 Å². The highest BCUT2D eigenvalue weighted by Gasteiger charge is 2.44. The van der Waals surface area contributed by atoms with E-state index < -0.39 is 50.4 Å². The van der Waals surface area contributed by atoms with E-state index in [1.54, 1.807) is 0 Å². The molecule has 0 bridgehead atoms. The predicted molar refractivity (Wildman–Crippen MR) is 103 cm³/mol. The fourth-order valence-corrected chi connectivity index (χ4v) is 4.38. The summed E-state index contributed by atoms with van der Waals surface area (Å²) >= 11 is 0. The van der Waals surface area contributed by atoms with Crippen LogP contribution in [-0.4, -0.2) is 54.5 Å². The Morgan fingerprint density at radius 3 is 2.57 bits per heavy atom. The van der Waals surface area contributed by atoms with Gasteiger partial charge in [-0.3, -0.25) is 4.79 Å². The predicted octanol–water partition coefficient (Wildman–Crippen LogP) is 0.821. The van der Waals surface area contributed by atoms with E-state index in [4.69, 9.17) is 10.5 Å². The number of carbonyl (C=O) groups excluding carboxylic acids is 1. The van der Waals surface area contributed by atoms with Crippen molar-refractivity contribution in [1.82, 2.24) is 14.3 Å². The molecule has 0 aliphatic carbocycles. The first-order valence-corrected chi connectivity index (χ1v) is 10.1. The lowest BCUT2D eigenvalue weighted by Gasteiger charge is -2.35. The smallest absolute Gasteiger partial charge is 0.275 e. The van der Waals surface area contributed by atoms with Crippen LogP contribution in [0.25, 0.3) is 0 Å². The summed E-state index contributed by atoms with van der Waals surface area (Å²) in [6, 6.07) is 1.90. The van der Waals surface area contributed by atoms with Crippen molar-refractivity contribution in [3.8, 4) is 5.88 Å². The summed E-state index contributed by atoms with van der Waals surface area (Å²) in [5.74, 6) is -3.98. The molecular weight excluding hydrogens is 422 g/mol. The van der Waals surface area contributed by atoms with Gasteiger partial charge in [0.1, 0.15) is 17.1 Å². The first-order valence-electron chi connectivity index (χ1n) is 8.46. The fourth-order valence-electron chi connectivity index (χ4n) is 2.95. The molecular formula is C17H18F2N6O4S. The van der Waals surface area contributed by atoms with Crippen molar-refractivity contribution in [3.05, 3.63) is 47.4 Å². The third-order valence-corrected chi connectivity index (χ3v) is 6.46. The van der Waals surface area contributed by atoms with Crippen LogP contribution in [0, 0.1) is 11.6 Å². The maximum atomic E-state index is 15.2. The zero-order valence-corrected chi connectivity index (χ0v) is 17.0. The van der Waals surface area contributed by atoms with E-state index in [2.05, 4.69) is 20.3 Å². The van der Waals surface area contributed by atoms with Gasteiger partial charge in [-0.2, -0.15) is 0 Å². The summed E-state index contributed by atoms with van der Waals surface area (Å²) in [5.41, 5.74) is 2.63. The van der Waals surface area contributed by atoms with E-state index in [0.717, 1.165) is 22.6 Å². The van der Waals surface area contributed by atoms with Crippen LogP contribution in [0.4, 0.5) is 14.5 Å². The van der Waals surface area contributed by atoms with Crippen LogP contribution in [0.1, 0.15) is 23.0 Å². The van der Waals surface area contributed by atoms with E-state index in [1.807, 2.05) is 0 Å². The number of methoxy groups -OCH3 is 1. The number of carbonyl (C=O) groups is 1. The molecule has 160 valence electrons. The van der Waals surface area contributed by atoms with Gasteiger partial charge in [-0.1, -0.05) is 0 Å². The summed E-state index contributed by atoms with van der Waals surface area (Å²) in [5, 5.41) is 2.27. The minimum atomic E-state index is -3.96. The minimum Gasteiger partial charge on any atom is -0.480 e. The number of nitrogens with one attached hydrogen (secondary N) is 1. The molecule has 1 amide bonds. The summed E-state index contributed by atoms with van der Waals surface area (Å²) in [7, 11) is -1.40. The highest BCUT2D eigenvalue weighted by molar-refractivity contribution is 7.89. The van der Waals surface area contributed by atoms with Crippen molar-refractivity contribution in [2.24, 2.45) is 10.7 Å². The first kappa shape index (κ1) is 21.4. The van der Waals surface area contributed by atoms with Gasteiger partial charge in [-0.05, 0) is 19.1 Å². The number of hydrogen-bond donors (Lipinski definition) is 2. The maximum Gasteiger partial charge on any atom is 0.275 e. The number of amides is 1. The van der Waals surface area contributed by atoms with Crippen molar-refractivity contribution in [1.29, 1.82) is 0 Å². The summed E-state index contributed by atoms with van der Waals surface area (Å²) < 4.78 is 60.0. The summed E-state index contributed by atoms with van der Waals surface area (Å²) in [6.45, 7) is 1.24. The zero-order valence-electron chi connectivity index (χ0n) is 16.2.